The van der Waals surface area contributed by atoms with Gasteiger partial charge < -0.3 is 19.6 Å². The molecule has 3 heterocycles. The molecule has 0 radical (unpaired) electrons. The maximum atomic E-state index is 12.3. The first-order chi connectivity index (χ1) is 12.0. The molecule has 0 spiro atoms. The van der Waals surface area contributed by atoms with Gasteiger partial charge in [0.25, 0.3) is 17.4 Å². The molecule has 25 heavy (non-hydrogen) atoms. The molecule has 3 aromatic rings. The van der Waals surface area contributed by atoms with Gasteiger partial charge in [0.2, 0.25) is 0 Å². The Kier molecular flexibility index (Phi) is 4.66. The zero-order valence-corrected chi connectivity index (χ0v) is 14.5. The second-order valence-electron chi connectivity index (χ2n) is 5.39. The molecule has 0 atom stereocenters. The highest BCUT2D eigenvalue weighted by Gasteiger charge is 2.18. The third-order valence-electron chi connectivity index (χ3n) is 3.66. The molecule has 0 unspecified atom stereocenters. The quantitative estimate of drug-likeness (QED) is 0.662. The number of furan rings is 1. The predicted octanol–water partition coefficient (Wildman–Crippen LogP) is 1.06. The molecule has 0 aliphatic rings. The average Bonchev–Trinajstić information content (AvgIpc) is 3.23. The Bertz CT molecular complexity index is 988. The molecule has 0 aliphatic carbocycles. The first-order valence-electron chi connectivity index (χ1n) is 7.53. The van der Waals surface area contributed by atoms with Crippen LogP contribution in [0.25, 0.3) is 10.2 Å². The summed E-state index contributed by atoms with van der Waals surface area (Å²) in [6.45, 7) is 2.25. The monoisotopic (exact) mass is 360 g/mol. The van der Waals surface area contributed by atoms with Gasteiger partial charge in [-0.3, -0.25) is 14.4 Å². The average molecular weight is 360 g/mol. The van der Waals surface area contributed by atoms with Crippen LogP contribution in [0.5, 0.6) is 0 Å². The molecule has 0 saturated heterocycles. The summed E-state index contributed by atoms with van der Waals surface area (Å²) in [5.74, 6) is -0.423. The molecule has 0 aromatic carbocycles. The second kappa shape index (κ2) is 6.89. The van der Waals surface area contributed by atoms with Crippen molar-refractivity contribution in [3.05, 3.63) is 51.3 Å². The van der Waals surface area contributed by atoms with Crippen LogP contribution in [0.15, 0.2) is 33.9 Å². The van der Waals surface area contributed by atoms with Gasteiger partial charge in [-0.1, -0.05) is 0 Å². The lowest BCUT2D eigenvalue weighted by Gasteiger charge is -2.05. The van der Waals surface area contributed by atoms with Gasteiger partial charge >= 0.3 is 0 Å². The SMILES string of the molecule is Cc1c(C(=O)NCCNC(=O)c2ccco2)sc2ncn(C)c(=O)c12. The molecule has 130 valence electrons. The van der Waals surface area contributed by atoms with E-state index < -0.39 is 0 Å². The van der Waals surface area contributed by atoms with E-state index in [0.29, 0.717) is 20.7 Å². The van der Waals surface area contributed by atoms with Crippen LogP contribution in [0.3, 0.4) is 0 Å². The summed E-state index contributed by atoms with van der Waals surface area (Å²) in [4.78, 5) is 41.4. The Morgan fingerprint density at radius 1 is 1.28 bits per heavy atom. The summed E-state index contributed by atoms with van der Waals surface area (Å²) < 4.78 is 6.36. The number of fused-ring (bicyclic) bond motifs is 1. The van der Waals surface area contributed by atoms with Gasteiger partial charge in [0.05, 0.1) is 22.9 Å². The minimum absolute atomic E-state index is 0.177. The zero-order chi connectivity index (χ0) is 18.0. The van der Waals surface area contributed by atoms with E-state index in [1.165, 1.54) is 28.5 Å². The van der Waals surface area contributed by atoms with Crippen molar-refractivity contribution in [3.63, 3.8) is 0 Å². The second-order valence-corrected chi connectivity index (χ2v) is 6.39. The maximum Gasteiger partial charge on any atom is 0.287 e. The largest absolute Gasteiger partial charge is 0.459 e. The fourth-order valence-corrected chi connectivity index (χ4v) is 3.41. The van der Waals surface area contributed by atoms with E-state index in [0.717, 1.165) is 0 Å². The van der Waals surface area contributed by atoms with Crippen molar-refractivity contribution in [1.29, 1.82) is 0 Å². The van der Waals surface area contributed by atoms with Crippen molar-refractivity contribution in [3.8, 4) is 0 Å². The molecular formula is C16H16N4O4S. The Hall–Kier alpha value is -2.94. The van der Waals surface area contributed by atoms with E-state index in [4.69, 9.17) is 4.42 Å². The molecule has 0 fully saturated rings. The third kappa shape index (κ3) is 3.31. The Balaban J connectivity index is 1.63. The molecule has 8 nitrogen and oxygen atoms in total. The fourth-order valence-electron chi connectivity index (χ4n) is 2.35. The van der Waals surface area contributed by atoms with Crippen molar-refractivity contribution in [2.24, 2.45) is 7.05 Å². The third-order valence-corrected chi connectivity index (χ3v) is 4.86. The molecule has 2 N–H and O–H groups in total. The number of rotatable bonds is 5. The summed E-state index contributed by atoms with van der Waals surface area (Å²) in [6, 6.07) is 3.18. The van der Waals surface area contributed by atoms with Gasteiger partial charge in [0.1, 0.15) is 4.83 Å². The molecule has 0 aliphatic heterocycles. The summed E-state index contributed by atoms with van der Waals surface area (Å²) in [6.07, 6.45) is 2.85. The first-order valence-corrected chi connectivity index (χ1v) is 8.35. The van der Waals surface area contributed by atoms with E-state index in [9.17, 15) is 14.4 Å². The number of hydrogen-bond donors (Lipinski definition) is 2. The first kappa shape index (κ1) is 16.9. The van der Waals surface area contributed by atoms with Gasteiger partial charge in [0.15, 0.2) is 5.76 Å². The molecule has 3 aromatic heterocycles. The van der Waals surface area contributed by atoms with Crippen LogP contribution in [-0.4, -0.2) is 34.5 Å². The van der Waals surface area contributed by atoms with Crippen LogP contribution in [-0.2, 0) is 7.05 Å². The summed E-state index contributed by atoms with van der Waals surface area (Å²) in [5.41, 5.74) is 0.439. The maximum absolute atomic E-state index is 12.3. The number of thiophene rings is 1. The highest BCUT2D eigenvalue weighted by atomic mass is 32.1. The lowest BCUT2D eigenvalue weighted by molar-refractivity contribution is 0.0911. The standard InChI is InChI=1S/C16H16N4O4S/c1-9-11-15(19-8-20(2)16(11)23)25-12(9)14(22)18-6-5-17-13(21)10-4-3-7-24-10/h3-4,7-8H,5-6H2,1-2H3,(H,17,21)(H,18,22). The van der Waals surface area contributed by atoms with Crippen molar-refractivity contribution in [2.45, 2.75) is 6.92 Å². The number of amides is 2. The van der Waals surface area contributed by atoms with E-state index in [2.05, 4.69) is 15.6 Å². The summed E-state index contributed by atoms with van der Waals surface area (Å²) in [7, 11) is 1.62. The Labute approximate surface area is 146 Å². The van der Waals surface area contributed by atoms with E-state index in [-0.39, 0.29) is 36.2 Å². The highest BCUT2D eigenvalue weighted by Crippen LogP contribution is 2.26. The number of carbonyl (C=O) groups excluding carboxylic acids is 2. The number of hydrogen-bond acceptors (Lipinski definition) is 6. The van der Waals surface area contributed by atoms with Gasteiger partial charge in [-0.2, -0.15) is 0 Å². The minimum Gasteiger partial charge on any atom is -0.459 e. The summed E-state index contributed by atoms with van der Waals surface area (Å²) >= 11 is 1.18. The van der Waals surface area contributed by atoms with Crippen LogP contribution in [0, 0.1) is 6.92 Å². The lowest BCUT2D eigenvalue weighted by Crippen LogP contribution is -2.34. The minimum atomic E-state index is -0.343. The van der Waals surface area contributed by atoms with Crippen LogP contribution >= 0.6 is 11.3 Å². The smallest absolute Gasteiger partial charge is 0.287 e. The molecule has 2 amide bonds. The van der Waals surface area contributed by atoms with Crippen LogP contribution in [0.4, 0.5) is 0 Å². The number of carbonyl (C=O) groups is 2. The summed E-state index contributed by atoms with van der Waals surface area (Å²) in [5, 5.41) is 5.83. The van der Waals surface area contributed by atoms with Crippen molar-refractivity contribution in [2.75, 3.05) is 13.1 Å². The van der Waals surface area contributed by atoms with Gasteiger partial charge in [-0.15, -0.1) is 11.3 Å². The zero-order valence-electron chi connectivity index (χ0n) is 13.7. The van der Waals surface area contributed by atoms with Gasteiger partial charge in [0, 0.05) is 20.1 Å². The van der Waals surface area contributed by atoms with Crippen LogP contribution < -0.4 is 16.2 Å². The molecule has 0 bridgehead atoms. The van der Waals surface area contributed by atoms with Crippen molar-refractivity contribution < 1.29 is 14.0 Å². The van der Waals surface area contributed by atoms with Crippen LogP contribution in [0.2, 0.25) is 0 Å². The van der Waals surface area contributed by atoms with E-state index >= 15 is 0 Å². The number of aromatic nitrogens is 2. The van der Waals surface area contributed by atoms with Crippen molar-refractivity contribution >= 4 is 33.4 Å². The van der Waals surface area contributed by atoms with Crippen LogP contribution in [0.1, 0.15) is 25.8 Å². The highest BCUT2D eigenvalue weighted by molar-refractivity contribution is 7.20. The number of nitrogens with zero attached hydrogens (tertiary/aromatic N) is 2. The molecule has 0 saturated carbocycles. The number of nitrogens with one attached hydrogen (secondary N) is 2. The van der Waals surface area contributed by atoms with E-state index in [1.807, 2.05) is 0 Å². The van der Waals surface area contributed by atoms with Gasteiger partial charge in [-0.05, 0) is 24.6 Å². The lowest BCUT2D eigenvalue weighted by atomic mass is 10.2. The normalized spacial score (nSPS) is 10.8. The topological polar surface area (TPSA) is 106 Å². The number of aryl methyl sites for hydroxylation is 2. The Morgan fingerprint density at radius 3 is 2.68 bits per heavy atom. The van der Waals surface area contributed by atoms with E-state index in [1.54, 1.807) is 26.1 Å². The molecule has 9 heteroatoms. The van der Waals surface area contributed by atoms with Gasteiger partial charge in [-0.25, -0.2) is 4.98 Å². The van der Waals surface area contributed by atoms with Crippen molar-refractivity contribution in [1.82, 2.24) is 20.2 Å². The fraction of sp³-hybridized carbons (Fsp3) is 0.250. The Morgan fingerprint density at radius 2 is 2.00 bits per heavy atom. The predicted molar refractivity (Wildman–Crippen MR) is 93.0 cm³/mol. The molecule has 3 rings (SSSR count). The molecular weight excluding hydrogens is 344 g/mol.